The summed E-state index contributed by atoms with van der Waals surface area (Å²) in [5, 5.41) is 16.4. The second kappa shape index (κ2) is 15.3. The van der Waals surface area contributed by atoms with Crippen LogP contribution in [0.5, 0.6) is 0 Å². The number of ether oxygens (including phenoxy) is 1. The van der Waals surface area contributed by atoms with E-state index in [0.717, 1.165) is 10.5 Å². The van der Waals surface area contributed by atoms with Crippen molar-refractivity contribution >= 4 is 47.2 Å². The predicted molar refractivity (Wildman–Crippen MR) is 146 cm³/mol. The monoisotopic (exact) mass is 572 g/mol. The Balaban J connectivity index is 1.74. The van der Waals surface area contributed by atoms with Crippen molar-refractivity contribution in [1.29, 1.82) is 0 Å². The molecule has 0 saturated carbocycles. The Kier molecular flexibility index (Phi) is 12.2. The molecule has 1 atom stereocenters. The third-order valence-electron chi connectivity index (χ3n) is 5.86. The number of unbranched alkanes of at least 4 members (excludes halogenated alkanes) is 2. The first-order valence-electron chi connectivity index (χ1n) is 13.1. The zero-order chi connectivity index (χ0) is 30.6. The molecule has 13 heteroatoms. The van der Waals surface area contributed by atoms with Crippen molar-refractivity contribution in [2.45, 2.75) is 65.5 Å². The van der Waals surface area contributed by atoms with Crippen LogP contribution in [0.4, 0.5) is 5.69 Å². The van der Waals surface area contributed by atoms with Gasteiger partial charge in [0.05, 0.1) is 18.4 Å². The van der Waals surface area contributed by atoms with Crippen LogP contribution < -0.4 is 16.0 Å². The quantitative estimate of drug-likeness (QED) is 0.136. The van der Waals surface area contributed by atoms with E-state index >= 15 is 0 Å². The lowest BCUT2D eigenvalue weighted by molar-refractivity contribution is -0.154. The van der Waals surface area contributed by atoms with Crippen LogP contribution in [0.3, 0.4) is 0 Å². The lowest BCUT2D eigenvalue weighted by atomic mass is 9.97. The van der Waals surface area contributed by atoms with Gasteiger partial charge in [0.1, 0.15) is 12.6 Å². The van der Waals surface area contributed by atoms with Crippen molar-refractivity contribution in [3.05, 3.63) is 42.0 Å². The second-order valence-corrected chi connectivity index (χ2v) is 10.5. The fraction of sp³-hybridized carbons (Fsp3) is 0.464. The summed E-state index contributed by atoms with van der Waals surface area (Å²) < 4.78 is 5.24. The Labute approximate surface area is 237 Å². The Bertz CT molecular complexity index is 1170. The molecule has 1 heterocycles. The van der Waals surface area contributed by atoms with E-state index in [9.17, 15) is 33.6 Å². The SMILES string of the molecule is CC(C)(C)C(=O)OCc1ccc(NC(=O)CNC(=O)C(CC(=O)O)NC(=O)CCCCCN2C(=O)C=CC2=O)cc1. The van der Waals surface area contributed by atoms with Crippen molar-refractivity contribution < 1.29 is 43.4 Å². The van der Waals surface area contributed by atoms with Crippen LogP contribution in [0.15, 0.2) is 36.4 Å². The van der Waals surface area contributed by atoms with Crippen molar-refractivity contribution in [1.82, 2.24) is 15.5 Å². The molecule has 1 aliphatic rings. The van der Waals surface area contributed by atoms with Crippen LogP contribution in [0.2, 0.25) is 0 Å². The number of anilines is 1. The molecule has 1 aliphatic heterocycles. The number of hydrogen-bond acceptors (Lipinski definition) is 8. The number of nitrogens with zero attached hydrogens (tertiary/aromatic N) is 1. The number of aliphatic carboxylic acids is 1. The minimum atomic E-state index is -1.38. The topological polar surface area (TPSA) is 188 Å². The minimum absolute atomic E-state index is 0.00935. The summed E-state index contributed by atoms with van der Waals surface area (Å²) in [6.07, 6.45) is 3.15. The largest absolute Gasteiger partial charge is 0.481 e. The third kappa shape index (κ3) is 11.6. The van der Waals surface area contributed by atoms with E-state index in [-0.39, 0.29) is 37.4 Å². The van der Waals surface area contributed by atoms with E-state index in [2.05, 4.69) is 16.0 Å². The maximum Gasteiger partial charge on any atom is 0.311 e. The van der Waals surface area contributed by atoms with Crippen LogP contribution in [0.1, 0.15) is 58.4 Å². The average molecular weight is 573 g/mol. The number of amides is 5. The molecule has 0 aromatic heterocycles. The molecule has 0 bridgehead atoms. The number of rotatable bonds is 15. The van der Waals surface area contributed by atoms with Crippen molar-refractivity contribution in [3.63, 3.8) is 0 Å². The van der Waals surface area contributed by atoms with Crippen LogP contribution in [0.25, 0.3) is 0 Å². The number of carbonyl (C=O) groups excluding carboxylic acids is 6. The molecule has 0 saturated heterocycles. The molecular formula is C28H36N4O9. The molecule has 2 rings (SSSR count). The third-order valence-corrected chi connectivity index (χ3v) is 5.86. The molecule has 0 radical (unpaired) electrons. The van der Waals surface area contributed by atoms with Gasteiger partial charge in [0, 0.05) is 30.8 Å². The molecule has 13 nitrogen and oxygen atoms in total. The van der Waals surface area contributed by atoms with E-state index in [4.69, 9.17) is 9.84 Å². The van der Waals surface area contributed by atoms with Crippen LogP contribution in [-0.4, -0.2) is 70.6 Å². The number of carboxylic acid groups (broad SMARTS) is 1. The van der Waals surface area contributed by atoms with Gasteiger partial charge in [-0.05, 0) is 51.3 Å². The van der Waals surface area contributed by atoms with Gasteiger partial charge in [-0.2, -0.15) is 0 Å². The normalized spacial score (nSPS) is 13.5. The Morgan fingerprint density at radius 3 is 2.15 bits per heavy atom. The summed E-state index contributed by atoms with van der Waals surface area (Å²) in [7, 11) is 0. The van der Waals surface area contributed by atoms with Crippen molar-refractivity contribution in [3.8, 4) is 0 Å². The average Bonchev–Trinajstić information content (AvgIpc) is 3.22. The molecule has 0 spiro atoms. The van der Waals surface area contributed by atoms with Gasteiger partial charge in [-0.25, -0.2) is 0 Å². The fourth-order valence-corrected chi connectivity index (χ4v) is 3.58. The number of nitrogens with one attached hydrogen (secondary N) is 3. The molecule has 1 unspecified atom stereocenters. The fourth-order valence-electron chi connectivity index (χ4n) is 3.58. The second-order valence-electron chi connectivity index (χ2n) is 10.5. The van der Waals surface area contributed by atoms with Crippen molar-refractivity contribution in [2.75, 3.05) is 18.4 Å². The molecule has 1 aromatic carbocycles. The van der Waals surface area contributed by atoms with Gasteiger partial charge in [0.25, 0.3) is 11.8 Å². The van der Waals surface area contributed by atoms with Crippen molar-refractivity contribution in [2.24, 2.45) is 5.41 Å². The Morgan fingerprint density at radius 1 is 0.927 bits per heavy atom. The smallest absolute Gasteiger partial charge is 0.311 e. The lowest BCUT2D eigenvalue weighted by Gasteiger charge is -2.17. The first kappa shape index (κ1) is 32.7. The van der Waals surface area contributed by atoms with Gasteiger partial charge in [-0.3, -0.25) is 38.5 Å². The maximum absolute atomic E-state index is 12.5. The molecule has 0 aliphatic carbocycles. The number of carbonyl (C=O) groups is 7. The highest BCUT2D eigenvalue weighted by Gasteiger charge is 2.25. The lowest BCUT2D eigenvalue weighted by Crippen LogP contribution is -2.49. The summed E-state index contributed by atoms with van der Waals surface area (Å²) in [4.78, 5) is 84.3. The van der Waals surface area contributed by atoms with Crippen LogP contribution in [-0.2, 0) is 44.9 Å². The zero-order valence-corrected chi connectivity index (χ0v) is 23.4. The first-order valence-corrected chi connectivity index (χ1v) is 13.1. The molecule has 222 valence electrons. The highest BCUT2D eigenvalue weighted by Crippen LogP contribution is 2.17. The van der Waals surface area contributed by atoms with Gasteiger partial charge in [0.2, 0.25) is 17.7 Å². The molecule has 4 N–H and O–H groups in total. The van der Waals surface area contributed by atoms with Crippen LogP contribution in [0, 0.1) is 5.41 Å². The Hall–Kier alpha value is -4.55. The van der Waals surface area contributed by atoms with Gasteiger partial charge < -0.3 is 25.8 Å². The predicted octanol–water partition coefficient (Wildman–Crippen LogP) is 1.28. The van der Waals surface area contributed by atoms with Crippen LogP contribution >= 0.6 is 0 Å². The number of esters is 1. The van der Waals surface area contributed by atoms with Gasteiger partial charge in [0.15, 0.2) is 0 Å². The minimum Gasteiger partial charge on any atom is -0.481 e. The highest BCUT2D eigenvalue weighted by atomic mass is 16.5. The van der Waals surface area contributed by atoms with E-state index in [0.29, 0.717) is 24.9 Å². The van der Waals surface area contributed by atoms with Gasteiger partial charge in [-0.15, -0.1) is 0 Å². The molecule has 0 fully saturated rings. The number of hydrogen-bond donors (Lipinski definition) is 4. The summed E-state index contributed by atoms with van der Waals surface area (Å²) in [6.45, 7) is 5.10. The molecule has 5 amide bonds. The molecular weight excluding hydrogens is 536 g/mol. The van der Waals surface area contributed by atoms with Gasteiger partial charge >= 0.3 is 11.9 Å². The molecule has 1 aromatic rings. The first-order chi connectivity index (χ1) is 19.3. The standard InChI is InChI=1S/C28H36N4O9/c1-28(2,3)27(40)41-17-18-8-10-19(11-9-18)30-22(34)16-29-26(39)20(15-25(37)38)31-21(33)7-5-4-6-14-32-23(35)12-13-24(32)36/h8-13,20H,4-7,14-17H2,1-3H3,(H,29,39)(H,30,34)(H,31,33)(H,37,38). The number of carboxylic acids is 1. The van der Waals surface area contributed by atoms with E-state index in [1.165, 1.54) is 12.2 Å². The summed E-state index contributed by atoms with van der Waals surface area (Å²) in [5.74, 6) is -4.35. The van der Waals surface area contributed by atoms with E-state index in [1.54, 1.807) is 45.0 Å². The summed E-state index contributed by atoms with van der Waals surface area (Å²) in [5.41, 5.74) is 0.527. The van der Waals surface area contributed by atoms with Gasteiger partial charge in [-0.1, -0.05) is 18.6 Å². The molecule has 41 heavy (non-hydrogen) atoms. The van der Waals surface area contributed by atoms with E-state index < -0.39 is 48.1 Å². The zero-order valence-electron chi connectivity index (χ0n) is 23.4. The number of imide groups is 1. The number of benzene rings is 1. The summed E-state index contributed by atoms with van der Waals surface area (Å²) in [6, 6.07) is 5.17. The van der Waals surface area contributed by atoms with E-state index in [1.807, 2.05) is 0 Å². The highest BCUT2D eigenvalue weighted by molar-refractivity contribution is 6.12. The maximum atomic E-state index is 12.5. The summed E-state index contributed by atoms with van der Waals surface area (Å²) >= 11 is 0. The Morgan fingerprint density at radius 2 is 1.56 bits per heavy atom.